The molecule has 4 aromatic heterocycles. The lowest BCUT2D eigenvalue weighted by molar-refractivity contribution is -0.654. The molecule has 0 radical (unpaired) electrons. The van der Waals surface area contributed by atoms with E-state index in [-0.39, 0.29) is 10.9 Å². The molecule has 10 nitrogen and oxygen atoms in total. The van der Waals surface area contributed by atoms with Gasteiger partial charge in [-0.3, -0.25) is 9.59 Å². The number of aromatic amines is 1. The molecule has 0 spiro atoms. The summed E-state index contributed by atoms with van der Waals surface area (Å²) in [5, 5.41) is 16.5. The highest BCUT2D eigenvalue weighted by Gasteiger charge is 2.16. The average molecular weight is 694 g/mol. The van der Waals surface area contributed by atoms with E-state index >= 15 is 0 Å². The molecule has 0 bridgehead atoms. The van der Waals surface area contributed by atoms with Crippen LogP contribution in [0.25, 0.3) is 45.5 Å². The van der Waals surface area contributed by atoms with Gasteiger partial charge in [-0.1, -0.05) is 53.2 Å². The molecule has 0 aliphatic carbocycles. The van der Waals surface area contributed by atoms with Crippen LogP contribution in [0, 0.1) is 0 Å². The number of nitrogens with zero attached hydrogens (tertiary/aromatic N) is 7. The fourth-order valence-corrected chi connectivity index (χ4v) is 5.66. The third-order valence-electron chi connectivity index (χ3n) is 7.61. The molecule has 0 saturated carbocycles. The van der Waals surface area contributed by atoms with Crippen molar-refractivity contribution in [3.63, 3.8) is 0 Å². The Morgan fingerprint density at radius 1 is 0.580 bits per heavy atom. The van der Waals surface area contributed by atoms with Crippen LogP contribution in [0.15, 0.2) is 178 Å². The van der Waals surface area contributed by atoms with Gasteiger partial charge in [-0.25, -0.2) is 14.0 Å². The number of rotatable bonds is 6. The molecule has 0 aliphatic heterocycles. The van der Waals surface area contributed by atoms with Crippen molar-refractivity contribution < 1.29 is 4.68 Å². The molecule has 4 heterocycles. The minimum absolute atomic E-state index is 0.139. The Balaban J connectivity index is 0.000000157. The maximum absolute atomic E-state index is 12.4. The molecule has 50 heavy (non-hydrogen) atoms. The van der Waals surface area contributed by atoms with Crippen LogP contribution < -0.4 is 15.5 Å². The van der Waals surface area contributed by atoms with Crippen molar-refractivity contribution in [2.24, 2.45) is 0 Å². The van der Waals surface area contributed by atoms with Crippen LogP contribution in [0.4, 0.5) is 0 Å². The number of para-hydroxylation sites is 2. The second-order valence-electron chi connectivity index (χ2n) is 11.0. The van der Waals surface area contributed by atoms with Crippen molar-refractivity contribution in [2.75, 3.05) is 0 Å². The first-order chi connectivity index (χ1) is 24.4. The normalized spacial score (nSPS) is 10.8. The molecule has 0 amide bonds. The molecule has 244 valence electrons. The first kappa shape index (κ1) is 32.3. The summed E-state index contributed by atoms with van der Waals surface area (Å²) >= 11 is 8.71. The Labute approximate surface area is 297 Å². The van der Waals surface area contributed by atoms with Crippen molar-refractivity contribution in [2.45, 2.75) is 9.79 Å². The Morgan fingerprint density at radius 3 is 1.76 bits per heavy atom. The van der Waals surface area contributed by atoms with Crippen LogP contribution in [0.1, 0.15) is 0 Å². The maximum Gasteiger partial charge on any atom is 0.235 e. The molecule has 0 unspecified atom stereocenters. The van der Waals surface area contributed by atoms with Gasteiger partial charge in [0.2, 0.25) is 22.7 Å². The summed E-state index contributed by atoms with van der Waals surface area (Å²) in [6, 6.07) is 41.3. The SMILES string of the molecule is O=c1ccn(-c2cccc(S)c2)nc1-c1cc[n+](-c2ccccc2)[nH]1.O=c1ccn(-c2cccc(S)c2)nc1-c1ccnn1-c1ccccc1. The zero-order valence-corrected chi connectivity index (χ0v) is 28.1. The summed E-state index contributed by atoms with van der Waals surface area (Å²) in [5.74, 6) is 0. The lowest BCUT2D eigenvalue weighted by Gasteiger charge is -2.10. The molecule has 0 saturated heterocycles. The van der Waals surface area contributed by atoms with Crippen molar-refractivity contribution in [1.29, 1.82) is 0 Å². The summed E-state index contributed by atoms with van der Waals surface area (Å²) in [6.45, 7) is 0. The van der Waals surface area contributed by atoms with E-state index in [1.165, 1.54) is 12.1 Å². The summed E-state index contributed by atoms with van der Waals surface area (Å²) in [5.41, 5.74) is 5.24. The van der Waals surface area contributed by atoms with Gasteiger partial charge < -0.3 is 0 Å². The highest BCUT2D eigenvalue weighted by atomic mass is 32.1. The van der Waals surface area contributed by atoms with Gasteiger partial charge in [0.05, 0.1) is 29.0 Å². The van der Waals surface area contributed by atoms with Gasteiger partial charge in [-0.15, -0.1) is 25.3 Å². The highest BCUT2D eigenvalue weighted by Crippen LogP contribution is 2.19. The second-order valence-corrected chi connectivity index (χ2v) is 12.0. The molecule has 12 heteroatoms. The summed E-state index contributed by atoms with van der Waals surface area (Å²) in [6.07, 6.45) is 6.84. The van der Waals surface area contributed by atoms with Gasteiger partial charge in [-0.2, -0.15) is 20.4 Å². The van der Waals surface area contributed by atoms with Gasteiger partial charge >= 0.3 is 0 Å². The quantitative estimate of drug-likeness (QED) is 0.143. The van der Waals surface area contributed by atoms with Crippen molar-refractivity contribution in [3.05, 3.63) is 179 Å². The van der Waals surface area contributed by atoms with Crippen LogP contribution in [0.5, 0.6) is 0 Å². The molecule has 0 atom stereocenters. The van der Waals surface area contributed by atoms with Crippen LogP contribution in [0.3, 0.4) is 0 Å². The van der Waals surface area contributed by atoms with Gasteiger partial charge in [-0.05, 0) is 54.6 Å². The zero-order valence-electron chi connectivity index (χ0n) is 26.4. The number of aromatic nitrogens is 8. The molecular formula is C38H29N8O2S2+. The van der Waals surface area contributed by atoms with Crippen molar-refractivity contribution in [1.82, 2.24) is 34.4 Å². The fraction of sp³-hybridized carbons (Fsp3) is 0. The topological polar surface area (TPSA) is 107 Å². The first-order valence-electron chi connectivity index (χ1n) is 15.5. The second kappa shape index (κ2) is 14.5. The molecule has 0 aliphatic rings. The van der Waals surface area contributed by atoms with Gasteiger partial charge in [0, 0.05) is 52.5 Å². The Morgan fingerprint density at radius 2 is 1.14 bits per heavy atom. The van der Waals surface area contributed by atoms with E-state index in [0.29, 0.717) is 22.8 Å². The molecule has 1 N–H and O–H groups in total. The van der Waals surface area contributed by atoms with E-state index in [1.807, 2.05) is 126 Å². The van der Waals surface area contributed by atoms with Crippen LogP contribution >= 0.6 is 25.3 Å². The zero-order chi connectivity index (χ0) is 34.5. The lowest BCUT2D eigenvalue weighted by atomic mass is 10.2. The van der Waals surface area contributed by atoms with Crippen molar-refractivity contribution >= 4 is 25.3 Å². The number of nitrogens with one attached hydrogen (secondary N) is 1. The standard InChI is InChI=1S/2C19H14N4OS/c24-18-10-12-23(15-7-4-8-16(25)13-15)21-19(18)17-9-11-22(20-17)14-5-2-1-3-6-14;24-18-10-12-22(15-7-4-8-16(25)13-15)21-19(18)17-9-11-20-23(17)14-5-2-1-3-6-14/h2*1-13,25H/p+1. The smallest absolute Gasteiger partial charge is 0.235 e. The van der Waals surface area contributed by atoms with Gasteiger partial charge in [0.1, 0.15) is 5.69 Å². The molecule has 8 rings (SSSR count). The van der Waals surface area contributed by atoms with E-state index < -0.39 is 0 Å². The predicted octanol–water partition coefficient (Wildman–Crippen LogP) is 6.17. The third kappa shape index (κ3) is 7.11. The predicted molar refractivity (Wildman–Crippen MR) is 198 cm³/mol. The molecular weight excluding hydrogens is 665 g/mol. The number of thiol groups is 2. The van der Waals surface area contributed by atoms with E-state index in [1.54, 1.807) is 38.7 Å². The molecule has 4 aromatic carbocycles. The van der Waals surface area contributed by atoms with Crippen LogP contribution in [-0.2, 0) is 0 Å². The van der Waals surface area contributed by atoms with Crippen LogP contribution in [0.2, 0.25) is 0 Å². The summed E-state index contributed by atoms with van der Waals surface area (Å²) < 4.78 is 6.90. The third-order valence-corrected chi connectivity index (χ3v) is 8.17. The maximum atomic E-state index is 12.4. The number of benzene rings is 4. The lowest BCUT2D eigenvalue weighted by Crippen LogP contribution is -2.31. The minimum atomic E-state index is -0.157. The first-order valence-corrected chi connectivity index (χ1v) is 16.4. The number of hydrogen-bond acceptors (Lipinski definition) is 7. The van der Waals surface area contributed by atoms with Crippen molar-refractivity contribution in [3.8, 4) is 45.5 Å². The van der Waals surface area contributed by atoms with E-state index in [4.69, 9.17) is 0 Å². The van der Waals surface area contributed by atoms with Gasteiger partial charge in [0.25, 0.3) is 0 Å². The number of H-pyrrole nitrogens is 1. The monoisotopic (exact) mass is 693 g/mol. The molecule has 8 aromatic rings. The van der Waals surface area contributed by atoms with E-state index in [2.05, 4.69) is 45.7 Å². The van der Waals surface area contributed by atoms with E-state index in [0.717, 1.165) is 32.5 Å². The largest absolute Gasteiger partial charge is 0.287 e. The van der Waals surface area contributed by atoms with Gasteiger partial charge in [0.15, 0.2) is 11.4 Å². The Bertz CT molecular complexity index is 2530. The minimum Gasteiger partial charge on any atom is -0.287 e. The number of hydrogen-bond donors (Lipinski definition) is 3. The Hall–Kier alpha value is -6.24. The summed E-state index contributed by atoms with van der Waals surface area (Å²) in [7, 11) is 0. The fourth-order valence-electron chi connectivity index (χ4n) is 5.22. The highest BCUT2D eigenvalue weighted by molar-refractivity contribution is 7.80. The van der Waals surface area contributed by atoms with Crippen LogP contribution in [-0.4, -0.2) is 34.4 Å². The van der Waals surface area contributed by atoms with E-state index in [9.17, 15) is 9.59 Å². The molecule has 0 fully saturated rings. The average Bonchev–Trinajstić information content (AvgIpc) is 3.84. The Kier molecular flexibility index (Phi) is 9.36. The summed E-state index contributed by atoms with van der Waals surface area (Å²) in [4.78, 5) is 26.4.